The number of rotatable bonds is 1. The second kappa shape index (κ2) is 2.20. The molecule has 3 atom stereocenters. The summed E-state index contributed by atoms with van der Waals surface area (Å²) in [6.45, 7) is 0. The summed E-state index contributed by atoms with van der Waals surface area (Å²) in [5, 5.41) is 4.89. The molecule has 2 fully saturated rings. The minimum atomic E-state index is -3.23. The Balaban J connectivity index is 2.21. The van der Waals surface area contributed by atoms with Gasteiger partial charge in [-0.25, -0.2) is 13.6 Å². The molecule has 2 rings (SSSR count). The fourth-order valence-corrected chi connectivity index (χ4v) is 3.91. The van der Waals surface area contributed by atoms with Gasteiger partial charge in [0.15, 0.2) is 0 Å². The highest BCUT2D eigenvalue weighted by Gasteiger charge is 2.44. The van der Waals surface area contributed by atoms with E-state index in [1.807, 2.05) is 0 Å². The zero-order valence-electron chi connectivity index (χ0n) is 6.36. The lowest BCUT2D eigenvalue weighted by Crippen LogP contribution is -2.32. The van der Waals surface area contributed by atoms with Crippen LogP contribution in [0.3, 0.4) is 0 Å². The summed E-state index contributed by atoms with van der Waals surface area (Å²) >= 11 is 0. The Morgan fingerprint density at radius 3 is 2.18 bits per heavy atom. The molecule has 0 heterocycles. The minimum absolute atomic E-state index is 0.207. The molecule has 1 unspecified atom stereocenters. The molecule has 0 aromatic rings. The molecule has 2 aliphatic rings. The number of fused-ring (bicyclic) bond motifs is 2. The Kier molecular flexibility index (Phi) is 1.51. The number of primary sulfonamides is 1. The predicted molar refractivity (Wildman–Crippen MR) is 42.3 cm³/mol. The highest BCUT2D eigenvalue weighted by atomic mass is 32.2. The van der Waals surface area contributed by atoms with Crippen LogP contribution in [-0.4, -0.2) is 13.7 Å². The van der Waals surface area contributed by atoms with Gasteiger partial charge in [-0.3, -0.25) is 0 Å². The highest BCUT2D eigenvalue weighted by Crippen LogP contribution is 2.46. The normalized spacial score (nSPS) is 43.2. The Bertz CT molecular complexity index is 260. The molecule has 4 heteroatoms. The molecule has 0 amide bonds. The fraction of sp³-hybridized carbons (Fsp3) is 1.00. The van der Waals surface area contributed by atoms with E-state index in [1.54, 1.807) is 0 Å². The molecule has 0 saturated heterocycles. The molecule has 0 spiro atoms. The SMILES string of the molecule is NS(=O)(=O)C1C[C@@H]2CC[C@H]1C2. The highest BCUT2D eigenvalue weighted by molar-refractivity contribution is 7.89. The van der Waals surface area contributed by atoms with Crippen molar-refractivity contribution in [3.8, 4) is 0 Å². The van der Waals surface area contributed by atoms with Crippen LogP contribution in [0.4, 0.5) is 0 Å². The van der Waals surface area contributed by atoms with Crippen LogP contribution in [0.1, 0.15) is 25.7 Å². The van der Waals surface area contributed by atoms with Crippen LogP contribution in [0.2, 0.25) is 0 Å². The van der Waals surface area contributed by atoms with Crippen LogP contribution in [0, 0.1) is 11.8 Å². The van der Waals surface area contributed by atoms with Crippen molar-refractivity contribution in [2.75, 3.05) is 0 Å². The summed E-state index contributed by atoms with van der Waals surface area (Å²) in [5.74, 6) is 1.04. The van der Waals surface area contributed by atoms with Crippen molar-refractivity contribution in [3.05, 3.63) is 0 Å². The maximum Gasteiger partial charge on any atom is 0.212 e. The Morgan fingerprint density at radius 1 is 1.18 bits per heavy atom. The van der Waals surface area contributed by atoms with Crippen LogP contribution in [-0.2, 0) is 10.0 Å². The van der Waals surface area contributed by atoms with Crippen LogP contribution >= 0.6 is 0 Å². The van der Waals surface area contributed by atoms with Gasteiger partial charge >= 0.3 is 0 Å². The Morgan fingerprint density at radius 2 is 1.91 bits per heavy atom. The molecule has 0 aliphatic heterocycles. The van der Waals surface area contributed by atoms with Crippen LogP contribution in [0.25, 0.3) is 0 Å². The van der Waals surface area contributed by atoms with E-state index in [9.17, 15) is 8.42 Å². The lowest BCUT2D eigenvalue weighted by Gasteiger charge is -2.18. The first-order valence-electron chi connectivity index (χ1n) is 4.09. The van der Waals surface area contributed by atoms with Crippen molar-refractivity contribution >= 4 is 10.0 Å². The second-order valence-corrected chi connectivity index (χ2v) is 5.59. The van der Waals surface area contributed by atoms with E-state index in [-0.39, 0.29) is 5.25 Å². The first kappa shape index (κ1) is 7.55. The maximum atomic E-state index is 11.0. The summed E-state index contributed by atoms with van der Waals surface area (Å²) < 4.78 is 22.0. The van der Waals surface area contributed by atoms with Crippen LogP contribution in [0.5, 0.6) is 0 Å². The Hall–Kier alpha value is -0.0900. The lowest BCUT2D eigenvalue weighted by molar-refractivity contribution is 0.465. The molecule has 3 nitrogen and oxygen atoms in total. The molecule has 2 aliphatic carbocycles. The average molecular weight is 175 g/mol. The largest absolute Gasteiger partial charge is 0.228 e. The summed E-state index contributed by atoms with van der Waals surface area (Å²) in [7, 11) is -3.23. The monoisotopic (exact) mass is 175 g/mol. The molecule has 0 aromatic heterocycles. The van der Waals surface area contributed by atoms with Crippen molar-refractivity contribution < 1.29 is 8.42 Å². The topological polar surface area (TPSA) is 60.2 Å². The molecule has 2 N–H and O–H groups in total. The number of nitrogens with two attached hydrogens (primary N) is 1. The zero-order chi connectivity index (χ0) is 8.06. The molecule has 0 aromatic carbocycles. The molecular weight excluding hydrogens is 162 g/mol. The van der Waals surface area contributed by atoms with Gasteiger partial charge in [0.05, 0.1) is 5.25 Å². The zero-order valence-corrected chi connectivity index (χ0v) is 7.18. The third-order valence-electron chi connectivity index (χ3n) is 3.10. The maximum absolute atomic E-state index is 11.0. The summed E-state index contributed by atoms with van der Waals surface area (Å²) in [6.07, 6.45) is 4.22. The molecule has 2 bridgehead atoms. The van der Waals surface area contributed by atoms with Gasteiger partial charge in [-0.05, 0) is 31.1 Å². The minimum Gasteiger partial charge on any atom is -0.228 e. The Labute approximate surface area is 67.0 Å². The quantitative estimate of drug-likeness (QED) is 0.629. The third kappa shape index (κ3) is 1.18. The van der Waals surface area contributed by atoms with Gasteiger partial charge in [0.25, 0.3) is 0 Å². The summed E-state index contributed by atoms with van der Waals surface area (Å²) in [4.78, 5) is 0. The van der Waals surface area contributed by atoms with Gasteiger partial charge in [-0.2, -0.15) is 0 Å². The fourth-order valence-electron chi connectivity index (χ4n) is 2.59. The van der Waals surface area contributed by atoms with Gasteiger partial charge in [0, 0.05) is 0 Å². The molecule has 11 heavy (non-hydrogen) atoms. The van der Waals surface area contributed by atoms with Crippen molar-refractivity contribution in [3.63, 3.8) is 0 Å². The van der Waals surface area contributed by atoms with Crippen molar-refractivity contribution in [1.82, 2.24) is 0 Å². The lowest BCUT2D eigenvalue weighted by atomic mass is 10.0. The number of hydrogen-bond donors (Lipinski definition) is 1. The van der Waals surface area contributed by atoms with E-state index >= 15 is 0 Å². The number of sulfonamides is 1. The van der Waals surface area contributed by atoms with Crippen molar-refractivity contribution in [2.24, 2.45) is 17.0 Å². The summed E-state index contributed by atoms with van der Waals surface area (Å²) in [6, 6.07) is 0. The summed E-state index contributed by atoms with van der Waals surface area (Å²) in [5.41, 5.74) is 0. The standard InChI is InChI=1S/C7H13NO2S/c8-11(9,10)7-4-5-1-2-6(7)3-5/h5-7H,1-4H2,(H2,8,9,10)/t5-,6+,7?/m1/s1. The molecule has 0 radical (unpaired) electrons. The van der Waals surface area contributed by atoms with Gasteiger partial charge in [0.1, 0.15) is 0 Å². The second-order valence-electron chi connectivity index (χ2n) is 3.80. The van der Waals surface area contributed by atoms with E-state index in [0.717, 1.165) is 19.3 Å². The molecule has 2 saturated carbocycles. The average Bonchev–Trinajstić information content (AvgIpc) is 2.42. The van der Waals surface area contributed by atoms with Crippen molar-refractivity contribution in [2.45, 2.75) is 30.9 Å². The van der Waals surface area contributed by atoms with E-state index in [2.05, 4.69) is 0 Å². The van der Waals surface area contributed by atoms with Gasteiger partial charge in [-0.15, -0.1) is 0 Å². The van der Waals surface area contributed by atoms with E-state index < -0.39 is 10.0 Å². The van der Waals surface area contributed by atoms with E-state index in [1.165, 1.54) is 6.42 Å². The molecule has 64 valence electrons. The van der Waals surface area contributed by atoms with Crippen molar-refractivity contribution in [1.29, 1.82) is 0 Å². The predicted octanol–water partition coefficient (Wildman–Crippen LogP) is 0.464. The smallest absolute Gasteiger partial charge is 0.212 e. The van der Waals surface area contributed by atoms with Gasteiger partial charge in [0.2, 0.25) is 10.0 Å². The van der Waals surface area contributed by atoms with Gasteiger partial charge in [-0.1, -0.05) is 6.42 Å². The van der Waals surface area contributed by atoms with Crippen LogP contribution < -0.4 is 5.14 Å². The third-order valence-corrected chi connectivity index (χ3v) is 4.52. The van der Waals surface area contributed by atoms with Gasteiger partial charge < -0.3 is 0 Å². The first-order chi connectivity index (χ1) is 5.07. The van der Waals surface area contributed by atoms with Crippen LogP contribution in [0.15, 0.2) is 0 Å². The number of hydrogen-bond acceptors (Lipinski definition) is 2. The molecular formula is C7H13NO2S. The first-order valence-corrected chi connectivity index (χ1v) is 5.70. The van der Waals surface area contributed by atoms with E-state index in [4.69, 9.17) is 5.14 Å². The van der Waals surface area contributed by atoms with E-state index in [0.29, 0.717) is 11.8 Å².